The third-order valence-corrected chi connectivity index (χ3v) is 5.22. The lowest BCUT2D eigenvalue weighted by molar-refractivity contribution is -0.0634. The van der Waals surface area contributed by atoms with E-state index in [0.717, 1.165) is 45.6 Å². The van der Waals surface area contributed by atoms with Gasteiger partial charge in [0.2, 0.25) is 0 Å². The Kier molecular flexibility index (Phi) is 7.29. The van der Waals surface area contributed by atoms with Crippen LogP contribution >= 0.6 is 0 Å². The minimum absolute atomic E-state index is 0.229. The molecule has 0 aromatic heterocycles. The highest BCUT2D eigenvalue weighted by Crippen LogP contribution is 2.39. The van der Waals surface area contributed by atoms with Crippen LogP contribution in [0.4, 0.5) is 0 Å². The molecule has 2 rings (SSSR count). The van der Waals surface area contributed by atoms with E-state index in [2.05, 4.69) is 30.6 Å². The molecule has 2 fully saturated rings. The molecule has 2 aliphatic rings. The van der Waals surface area contributed by atoms with Crippen molar-refractivity contribution >= 4 is 0 Å². The fraction of sp³-hybridized carbons (Fsp3) is 1.00. The molecule has 1 saturated carbocycles. The maximum Gasteiger partial charge on any atom is 0.0900 e. The van der Waals surface area contributed by atoms with Crippen molar-refractivity contribution in [3.63, 3.8) is 0 Å². The van der Waals surface area contributed by atoms with Crippen LogP contribution in [0.2, 0.25) is 0 Å². The van der Waals surface area contributed by atoms with Gasteiger partial charge in [-0.15, -0.1) is 0 Å². The Morgan fingerprint density at radius 2 is 1.78 bits per heavy atom. The minimum atomic E-state index is -0.403. The van der Waals surface area contributed by atoms with Crippen LogP contribution in [0.3, 0.4) is 0 Å². The van der Waals surface area contributed by atoms with Crippen LogP contribution in [0.5, 0.6) is 0 Å². The first-order chi connectivity index (χ1) is 10.9. The van der Waals surface area contributed by atoms with Gasteiger partial charge in [-0.3, -0.25) is 9.80 Å². The molecule has 0 aromatic carbocycles. The van der Waals surface area contributed by atoms with Gasteiger partial charge in [-0.2, -0.15) is 0 Å². The van der Waals surface area contributed by atoms with E-state index in [1.165, 1.54) is 6.42 Å². The molecule has 0 radical (unpaired) electrons. The molecule has 0 spiro atoms. The summed E-state index contributed by atoms with van der Waals surface area (Å²) in [5.74, 6) is 0.709. The Morgan fingerprint density at radius 3 is 2.39 bits per heavy atom. The monoisotopic (exact) mass is 328 g/mol. The Morgan fingerprint density at radius 1 is 1.13 bits per heavy atom. The number of aliphatic hydroxyl groups is 2. The van der Waals surface area contributed by atoms with E-state index in [1.807, 2.05) is 0 Å². The quantitative estimate of drug-likeness (QED) is 0.735. The molecule has 1 saturated heterocycles. The zero-order chi connectivity index (χ0) is 16.9. The van der Waals surface area contributed by atoms with E-state index >= 15 is 0 Å². The summed E-state index contributed by atoms with van der Waals surface area (Å²) in [5.41, 5.74) is 0.357. The maximum absolute atomic E-state index is 10.3. The van der Waals surface area contributed by atoms with Crippen molar-refractivity contribution in [2.45, 2.75) is 52.2 Å². The van der Waals surface area contributed by atoms with Crippen LogP contribution in [-0.2, 0) is 4.74 Å². The molecular formula is C18H36N2O3. The van der Waals surface area contributed by atoms with Gasteiger partial charge < -0.3 is 14.9 Å². The summed E-state index contributed by atoms with van der Waals surface area (Å²) in [7, 11) is 0. The lowest BCUT2D eigenvalue weighted by atomic mass is 9.71. The summed E-state index contributed by atoms with van der Waals surface area (Å²) < 4.78 is 6.03. The van der Waals surface area contributed by atoms with Crippen molar-refractivity contribution in [1.82, 2.24) is 9.80 Å². The second-order valence-electron chi connectivity index (χ2n) is 8.39. The molecule has 1 aliphatic carbocycles. The van der Waals surface area contributed by atoms with Gasteiger partial charge in [-0.1, -0.05) is 20.8 Å². The average Bonchev–Trinajstić information content (AvgIpc) is 2.45. The highest BCUT2D eigenvalue weighted by Gasteiger charge is 2.32. The van der Waals surface area contributed by atoms with Gasteiger partial charge in [0.15, 0.2) is 0 Å². The van der Waals surface area contributed by atoms with Crippen molar-refractivity contribution in [2.75, 3.05) is 52.5 Å². The molecule has 23 heavy (non-hydrogen) atoms. The Hall–Kier alpha value is -0.200. The molecule has 5 heteroatoms. The number of β-amino-alcohol motifs (C(OH)–C–C–N with tert-alkyl or cyclic N) is 2. The number of rotatable bonds is 7. The molecule has 3 atom stereocenters. The van der Waals surface area contributed by atoms with E-state index in [4.69, 9.17) is 9.84 Å². The summed E-state index contributed by atoms with van der Waals surface area (Å²) in [6.07, 6.45) is 3.39. The minimum Gasteiger partial charge on any atom is -0.395 e. The van der Waals surface area contributed by atoms with Crippen molar-refractivity contribution < 1.29 is 14.9 Å². The van der Waals surface area contributed by atoms with E-state index in [-0.39, 0.29) is 6.61 Å². The molecular weight excluding hydrogens is 292 g/mol. The normalized spacial score (nSPS) is 31.2. The number of piperazine rings is 1. The number of nitrogens with zero attached hydrogens (tertiary/aromatic N) is 2. The summed E-state index contributed by atoms with van der Waals surface area (Å²) in [4.78, 5) is 4.57. The Balaban J connectivity index is 1.64. The molecule has 5 nitrogen and oxygen atoms in total. The topological polar surface area (TPSA) is 56.2 Å². The second-order valence-corrected chi connectivity index (χ2v) is 8.39. The third-order valence-electron chi connectivity index (χ3n) is 5.22. The van der Waals surface area contributed by atoms with E-state index in [9.17, 15) is 5.11 Å². The smallest absolute Gasteiger partial charge is 0.0900 e. The number of aliphatic hydroxyl groups excluding tert-OH is 2. The van der Waals surface area contributed by atoms with Gasteiger partial charge in [0.25, 0.3) is 0 Å². The summed E-state index contributed by atoms with van der Waals surface area (Å²) in [6, 6.07) is 0. The standard InChI is InChI=1S/C18H36N2O3/c1-15-10-17(12-18(2,3)11-15)23-14-16(22)13-20-6-4-19(5-7-20)8-9-21/h15-17,21-22H,4-14H2,1-3H3/t15-,16-,17-/m1/s1. The molecule has 2 N–H and O–H groups in total. The maximum atomic E-state index is 10.3. The zero-order valence-electron chi connectivity index (χ0n) is 15.2. The van der Waals surface area contributed by atoms with Crippen LogP contribution < -0.4 is 0 Å². The molecule has 0 unspecified atom stereocenters. The van der Waals surface area contributed by atoms with Crippen molar-refractivity contribution in [1.29, 1.82) is 0 Å². The SMILES string of the molecule is C[C@@H]1C[C@@H](OC[C@H](O)CN2CCN(CCO)CC2)CC(C)(C)C1. The van der Waals surface area contributed by atoms with Crippen molar-refractivity contribution in [3.05, 3.63) is 0 Å². The van der Waals surface area contributed by atoms with Gasteiger partial charge in [0.05, 0.1) is 25.4 Å². The first kappa shape index (κ1) is 19.1. The van der Waals surface area contributed by atoms with Gasteiger partial charge in [0, 0.05) is 39.3 Å². The van der Waals surface area contributed by atoms with Gasteiger partial charge >= 0.3 is 0 Å². The van der Waals surface area contributed by atoms with Gasteiger partial charge in [-0.05, 0) is 30.6 Å². The summed E-state index contributed by atoms with van der Waals surface area (Å²) in [6.45, 7) is 13.0. The Bertz CT molecular complexity index is 343. The molecule has 0 amide bonds. The van der Waals surface area contributed by atoms with Crippen LogP contribution in [0.25, 0.3) is 0 Å². The van der Waals surface area contributed by atoms with Crippen LogP contribution in [0.1, 0.15) is 40.0 Å². The van der Waals surface area contributed by atoms with Crippen LogP contribution in [0.15, 0.2) is 0 Å². The van der Waals surface area contributed by atoms with Gasteiger partial charge in [0.1, 0.15) is 0 Å². The molecule has 1 aliphatic heterocycles. The van der Waals surface area contributed by atoms with E-state index in [0.29, 0.717) is 30.6 Å². The largest absolute Gasteiger partial charge is 0.395 e. The van der Waals surface area contributed by atoms with Gasteiger partial charge in [-0.25, -0.2) is 0 Å². The predicted octanol–water partition coefficient (Wildman–Crippen LogP) is 1.19. The second kappa shape index (κ2) is 8.77. The summed E-state index contributed by atoms with van der Waals surface area (Å²) >= 11 is 0. The Labute approximate surface area is 141 Å². The average molecular weight is 328 g/mol. The highest BCUT2D eigenvalue weighted by molar-refractivity contribution is 4.83. The third kappa shape index (κ3) is 6.67. The molecule has 136 valence electrons. The number of ether oxygens (including phenoxy) is 1. The molecule has 0 bridgehead atoms. The first-order valence-electron chi connectivity index (χ1n) is 9.23. The first-order valence-corrected chi connectivity index (χ1v) is 9.23. The fourth-order valence-electron chi connectivity index (χ4n) is 4.32. The van der Waals surface area contributed by atoms with Crippen LogP contribution in [-0.4, -0.2) is 84.7 Å². The van der Waals surface area contributed by atoms with Crippen LogP contribution in [0, 0.1) is 11.3 Å². The fourth-order valence-corrected chi connectivity index (χ4v) is 4.32. The molecule has 1 heterocycles. The van der Waals surface area contributed by atoms with E-state index < -0.39 is 6.10 Å². The van der Waals surface area contributed by atoms with Crippen molar-refractivity contribution in [3.8, 4) is 0 Å². The number of hydrogen-bond donors (Lipinski definition) is 2. The van der Waals surface area contributed by atoms with Crippen molar-refractivity contribution in [2.24, 2.45) is 11.3 Å². The zero-order valence-corrected chi connectivity index (χ0v) is 15.2. The van der Waals surface area contributed by atoms with E-state index in [1.54, 1.807) is 0 Å². The number of hydrogen-bond acceptors (Lipinski definition) is 5. The molecule has 0 aromatic rings. The lowest BCUT2D eigenvalue weighted by Crippen LogP contribution is -2.49. The summed E-state index contributed by atoms with van der Waals surface area (Å²) in [5, 5.41) is 19.2. The lowest BCUT2D eigenvalue weighted by Gasteiger charge is -2.39. The predicted molar refractivity (Wildman–Crippen MR) is 92.5 cm³/mol. The highest BCUT2D eigenvalue weighted by atomic mass is 16.5.